The molecule has 0 unspecified atom stereocenters. The van der Waals surface area contributed by atoms with Gasteiger partial charge in [0.1, 0.15) is 0 Å². The van der Waals surface area contributed by atoms with E-state index in [0.29, 0.717) is 44.8 Å². The number of amides is 1. The molecule has 7 nitrogen and oxygen atoms in total. The molecular weight excluding hydrogens is 328 g/mol. The second kappa shape index (κ2) is 7.58. The number of carbonyl (C=O) groups is 1. The number of nitrogens with zero attached hydrogens (tertiary/aromatic N) is 4. The quantitative estimate of drug-likeness (QED) is 0.812. The van der Waals surface area contributed by atoms with Gasteiger partial charge < -0.3 is 4.90 Å². The van der Waals surface area contributed by atoms with Gasteiger partial charge in [-0.2, -0.15) is 17.0 Å². The molecule has 1 aromatic heterocycles. The molecule has 2 aliphatic rings. The third-order valence-corrected chi connectivity index (χ3v) is 6.71. The Kier molecular flexibility index (Phi) is 5.47. The number of pyridine rings is 1. The third kappa shape index (κ3) is 3.76. The first-order chi connectivity index (χ1) is 11.6. The Morgan fingerprint density at radius 3 is 1.96 bits per heavy atom. The largest absolute Gasteiger partial charge is 0.336 e. The molecule has 2 aliphatic heterocycles. The average Bonchev–Trinajstić information content (AvgIpc) is 2.92. The summed E-state index contributed by atoms with van der Waals surface area (Å²) in [6.07, 6.45) is 7.24. The van der Waals surface area contributed by atoms with Crippen molar-refractivity contribution in [2.75, 3.05) is 39.3 Å². The Balaban J connectivity index is 1.61. The maximum Gasteiger partial charge on any atom is 0.282 e. The topological polar surface area (TPSA) is 73.8 Å². The molecule has 1 aromatic rings. The van der Waals surface area contributed by atoms with E-state index in [-0.39, 0.29) is 5.91 Å². The van der Waals surface area contributed by atoms with Gasteiger partial charge in [-0.1, -0.05) is 12.8 Å². The van der Waals surface area contributed by atoms with Crippen LogP contribution in [0.25, 0.3) is 0 Å². The molecule has 132 valence electrons. The van der Waals surface area contributed by atoms with Crippen molar-refractivity contribution in [3.8, 4) is 0 Å². The van der Waals surface area contributed by atoms with Crippen molar-refractivity contribution in [3.63, 3.8) is 0 Å². The summed E-state index contributed by atoms with van der Waals surface area (Å²) in [5, 5.41) is 0. The van der Waals surface area contributed by atoms with E-state index in [1.54, 1.807) is 33.7 Å². The highest BCUT2D eigenvalue weighted by molar-refractivity contribution is 7.86. The Labute approximate surface area is 143 Å². The van der Waals surface area contributed by atoms with E-state index >= 15 is 0 Å². The standard InChI is InChI=1S/C16H24N4O3S/c21-16(15-5-7-17-8-6-15)18-11-13-20(14-12-18)24(22,23)19-9-3-1-2-4-10-19/h5-8H,1-4,9-14H2. The van der Waals surface area contributed by atoms with Crippen LogP contribution in [-0.2, 0) is 10.2 Å². The molecule has 2 fully saturated rings. The van der Waals surface area contributed by atoms with Crippen LogP contribution in [0.15, 0.2) is 24.5 Å². The van der Waals surface area contributed by atoms with Crippen molar-refractivity contribution in [2.24, 2.45) is 0 Å². The zero-order chi connectivity index (χ0) is 17.0. The maximum absolute atomic E-state index is 12.8. The normalized spacial score (nSPS) is 21.4. The van der Waals surface area contributed by atoms with Crippen molar-refractivity contribution < 1.29 is 13.2 Å². The van der Waals surface area contributed by atoms with E-state index in [9.17, 15) is 13.2 Å². The highest BCUT2D eigenvalue weighted by Gasteiger charge is 2.33. The number of rotatable bonds is 3. The molecule has 3 rings (SSSR count). The Morgan fingerprint density at radius 1 is 0.833 bits per heavy atom. The third-order valence-electron chi connectivity index (χ3n) is 4.67. The first-order valence-electron chi connectivity index (χ1n) is 8.53. The van der Waals surface area contributed by atoms with E-state index in [4.69, 9.17) is 0 Å². The summed E-state index contributed by atoms with van der Waals surface area (Å²) < 4.78 is 28.7. The van der Waals surface area contributed by atoms with Crippen LogP contribution in [0.3, 0.4) is 0 Å². The first-order valence-corrected chi connectivity index (χ1v) is 9.93. The van der Waals surface area contributed by atoms with E-state index in [1.807, 2.05) is 0 Å². The second-order valence-corrected chi connectivity index (χ2v) is 8.18. The highest BCUT2D eigenvalue weighted by Crippen LogP contribution is 2.18. The SMILES string of the molecule is O=C(c1ccncc1)N1CCN(S(=O)(=O)N2CCCCCC2)CC1. The molecule has 0 bridgehead atoms. The predicted octanol–water partition coefficient (Wildman–Crippen LogP) is 0.960. The van der Waals surface area contributed by atoms with E-state index in [0.717, 1.165) is 25.7 Å². The number of piperazine rings is 1. The van der Waals surface area contributed by atoms with Crippen LogP contribution in [-0.4, -0.2) is 72.1 Å². The fourth-order valence-electron chi connectivity index (χ4n) is 3.23. The number of hydrogen-bond donors (Lipinski definition) is 0. The highest BCUT2D eigenvalue weighted by atomic mass is 32.2. The van der Waals surface area contributed by atoms with Crippen molar-refractivity contribution in [1.82, 2.24) is 18.5 Å². The van der Waals surface area contributed by atoms with Crippen LogP contribution in [0.4, 0.5) is 0 Å². The van der Waals surface area contributed by atoms with Crippen LogP contribution < -0.4 is 0 Å². The van der Waals surface area contributed by atoms with Crippen molar-refractivity contribution in [2.45, 2.75) is 25.7 Å². The lowest BCUT2D eigenvalue weighted by Gasteiger charge is -2.36. The van der Waals surface area contributed by atoms with Gasteiger partial charge in [-0.05, 0) is 25.0 Å². The minimum Gasteiger partial charge on any atom is -0.336 e. The minimum atomic E-state index is -3.40. The van der Waals surface area contributed by atoms with Gasteiger partial charge in [0, 0.05) is 57.2 Å². The lowest BCUT2D eigenvalue weighted by Crippen LogP contribution is -2.54. The summed E-state index contributed by atoms with van der Waals surface area (Å²) in [6, 6.07) is 3.37. The van der Waals surface area contributed by atoms with Crippen LogP contribution in [0.5, 0.6) is 0 Å². The predicted molar refractivity (Wildman–Crippen MR) is 90.7 cm³/mol. The van der Waals surface area contributed by atoms with Gasteiger partial charge in [-0.15, -0.1) is 0 Å². The molecule has 8 heteroatoms. The average molecular weight is 352 g/mol. The van der Waals surface area contributed by atoms with Crippen LogP contribution in [0.2, 0.25) is 0 Å². The molecule has 1 amide bonds. The van der Waals surface area contributed by atoms with E-state index < -0.39 is 10.2 Å². The van der Waals surface area contributed by atoms with Gasteiger partial charge in [0.2, 0.25) is 0 Å². The molecule has 0 aromatic carbocycles. The van der Waals surface area contributed by atoms with Gasteiger partial charge in [0.25, 0.3) is 16.1 Å². The first kappa shape index (κ1) is 17.3. The summed E-state index contributed by atoms with van der Waals surface area (Å²) >= 11 is 0. The van der Waals surface area contributed by atoms with Crippen molar-refractivity contribution in [3.05, 3.63) is 30.1 Å². The van der Waals surface area contributed by atoms with Gasteiger partial charge in [-0.3, -0.25) is 9.78 Å². The van der Waals surface area contributed by atoms with Crippen molar-refractivity contribution >= 4 is 16.1 Å². The molecule has 3 heterocycles. The molecule has 0 spiro atoms. The lowest BCUT2D eigenvalue weighted by atomic mass is 10.2. The summed E-state index contributed by atoms with van der Waals surface area (Å²) in [4.78, 5) is 18.0. The van der Waals surface area contributed by atoms with Crippen LogP contribution in [0.1, 0.15) is 36.0 Å². The molecule has 0 N–H and O–H groups in total. The van der Waals surface area contributed by atoms with Crippen LogP contribution >= 0.6 is 0 Å². The van der Waals surface area contributed by atoms with Crippen LogP contribution in [0, 0.1) is 0 Å². The monoisotopic (exact) mass is 352 g/mol. The molecule has 0 aliphatic carbocycles. The Hall–Kier alpha value is -1.51. The molecule has 0 radical (unpaired) electrons. The number of hydrogen-bond acceptors (Lipinski definition) is 4. The molecule has 0 atom stereocenters. The number of carbonyl (C=O) groups excluding carboxylic acids is 1. The van der Waals surface area contributed by atoms with Gasteiger partial charge in [0.05, 0.1) is 0 Å². The zero-order valence-corrected chi connectivity index (χ0v) is 14.6. The minimum absolute atomic E-state index is 0.0655. The Morgan fingerprint density at radius 2 is 1.38 bits per heavy atom. The smallest absolute Gasteiger partial charge is 0.282 e. The van der Waals surface area contributed by atoms with E-state index in [2.05, 4.69) is 4.98 Å². The van der Waals surface area contributed by atoms with Crippen molar-refractivity contribution in [1.29, 1.82) is 0 Å². The fraction of sp³-hybridized carbons (Fsp3) is 0.625. The van der Waals surface area contributed by atoms with E-state index in [1.165, 1.54) is 4.31 Å². The van der Waals surface area contributed by atoms with Gasteiger partial charge in [0.15, 0.2) is 0 Å². The van der Waals surface area contributed by atoms with Gasteiger partial charge >= 0.3 is 0 Å². The molecule has 0 saturated carbocycles. The number of aromatic nitrogens is 1. The fourth-order valence-corrected chi connectivity index (χ4v) is 4.91. The zero-order valence-electron chi connectivity index (χ0n) is 13.8. The molecule has 24 heavy (non-hydrogen) atoms. The maximum atomic E-state index is 12.8. The summed E-state index contributed by atoms with van der Waals surface area (Å²) in [7, 11) is -3.40. The Bertz CT molecular complexity index is 649. The summed E-state index contributed by atoms with van der Waals surface area (Å²) in [5.74, 6) is -0.0655. The second-order valence-electron chi connectivity index (χ2n) is 6.25. The summed E-state index contributed by atoms with van der Waals surface area (Å²) in [5.41, 5.74) is 0.592. The molecular formula is C16H24N4O3S. The lowest BCUT2D eigenvalue weighted by molar-refractivity contribution is 0.0694. The molecule has 2 saturated heterocycles. The summed E-state index contributed by atoms with van der Waals surface area (Å²) in [6.45, 7) is 2.78. The van der Waals surface area contributed by atoms with Gasteiger partial charge in [-0.25, -0.2) is 0 Å².